The van der Waals surface area contributed by atoms with E-state index in [0.717, 1.165) is 0 Å². The summed E-state index contributed by atoms with van der Waals surface area (Å²) >= 11 is 5.71. The maximum atomic E-state index is 12.7. The molecule has 0 saturated heterocycles. The van der Waals surface area contributed by atoms with E-state index in [-0.39, 0.29) is 0 Å². The highest BCUT2D eigenvalue weighted by Crippen LogP contribution is 2.34. The van der Waals surface area contributed by atoms with Gasteiger partial charge in [0, 0.05) is 6.07 Å². The Morgan fingerprint density at radius 2 is 1.61 bits per heavy atom. The Labute approximate surface area is 187 Å². The number of halogens is 4. The predicted molar refractivity (Wildman–Crippen MR) is 105 cm³/mol. The van der Waals surface area contributed by atoms with Crippen molar-refractivity contribution in [3.8, 4) is 0 Å². The highest BCUT2D eigenvalue weighted by Gasteiger charge is 2.47. The van der Waals surface area contributed by atoms with Crippen LogP contribution in [0.3, 0.4) is 0 Å². The molecule has 33 heavy (non-hydrogen) atoms. The predicted octanol–water partition coefficient (Wildman–Crippen LogP) is 2.86. The number of alkyl halides is 3. The fourth-order valence-corrected chi connectivity index (χ4v) is 4.62. The zero-order chi connectivity index (χ0) is 25.4. The molecule has 12 nitrogen and oxygen atoms in total. The van der Waals surface area contributed by atoms with E-state index in [4.69, 9.17) is 11.6 Å². The van der Waals surface area contributed by atoms with Gasteiger partial charge >= 0.3 is 5.51 Å². The molecule has 18 heteroatoms. The number of sulfone groups is 2. The first-order valence-corrected chi connectivity index (χ1v) is 11.5. The van der Waals surface area contributed by atoms with Gasteiger partial charge in [-0.15, -0.1) is 0 Å². The summed E-state index contributed by atoms with van der Waals surface area (Å²) < 4.78 is 86.1. The van der Waals surface area contributed by atoms with E-state index in [9.17, 15) is 55.0 Å². The summed E-state index contributed by atoms with van der Waals surface area (Å²) in [5.41, 5.74) is -8.33. The van der Waals surface area contributed by atoms with Crippen LogP contribution in [-0.2, 0) is 24.5 Å². The fourth-order valence-electron chi connectivity index (χ4n) is 2.36. The third-order valence-electron chi connectivity index (χ3n) is 3.83. The molecule has 178 valence electrons. The zero-order valence-electron chi connectivity index (χ0n) is 15.6. The SMILES string of the molecule is O=C(CS(=O)(=O)c1ccc([N+](=O)[O-])cc1[N+](=O)[O-])Nc1cc(S(=O)(=O)C(F)(F)F)ccc1Cl. The topological polar surface area (TPSA) is 184 Å². The number of anilines is 1. The second kappa shape index (κ2) is 8.91. The number of nitro groups is 2. The van der Waals surface area contributed by atoms with Crippen LogP contribution in [0.1, 0.15) is 0 Å². The molecule has 0 fully saturated rings. The van der Waals surface area contributed by atoms with Crippen molar-refractivity contribution in [3.05, 3.63) is 61.6 Å². The number of rotatable bonds is 7. The summed E-state index contributed by atoms with van der Waals surface area (Å²) in [5.74, 6) is -2.93. The van der Waals surface area contributed by atoms with Gasteiger partial charge in [0.15, 0.2) is 9.84 Å². The molecular weight excluding hydrogens is 523 g/mol. The van der Waals surface area contributed by atoms with E-state index in [2.05, 4.69) is 0 Å². The molecule has 2 aromatic rings. The van der Waals surface area contributed by atoms with E-state index in [1.165, 1.54) is 0 Å². The quantitative estimate of drug-likeness (QED) is 0.414. The molecule has 0 aromatic heterocycles. The van der Waals surface area contributed by atoms with Crippen molar-refractivity contribution in [1.82, 2.24) is 0 Å². The molecule has 0 bridgehead atoms. The van der Waals surface area contributed by atoms with Gasteiger partial charge in [0.25, 0.3) is 21.2 Å². The van der Waals surface area contributed by atoms with Gasteiger partial charge in [-0.3, -0.25) is 25.0 Å². The lowest BCUT2D eigenvalue weighted by atomic mass is 10.3. The maximum absolute atomic E-state index is 12.7. The minimum Gasteiger partial charge on any atom is -0.324 e. The Morgan fingerprint density at radius 1 is 1.00 bits per heavy atom. The third kappa shape index (κ3) is 5.55. The number of hydrogen-bond donors (Lipinski definition) is 1. The van der Waals surface area contributed by atoms with Crippen LogP contribution in [0.15, 0.2) is 46.2 Å². The molecule has 1 N–H and O–H groups in total. The Morgan fingerprint density at radius 3 is 2.12 bits per heavy atom. The summed E-state index contributed by atoms with van der Waals surface area (Å²) in [6.07, 6.45) is 0. The number of hydrogen-bond acceptors (Lipinski definition) is 9. The van der Waals surface area contributed by atoms with Gasteiger partial charge in [-0.2, -0.15) is 13.2 Å². The molecule has 0 heterocycles. The Bertz CT molecular complexity index is 1380. The first kappa shape index (κ1) is 25.9. The van der Waals surface area contributed by atoms with Gasteiger partial charge in [0.2, 0.25) is 5.91 Å². The lowest BCUT2D eigenvalue weighted by molar-refractivity contribution is -0.396. The molecule has 0 saturated carbocycles. The van der Waals surface area contributed by atoms with Crippen LogP contribution in [0.5, 0.6) is 0 Å². The number of amides is 1. The average molecular weight is 532 g/mol. The summed E-state index contributed by atoms with van der Waals surface area (Å²) in [4.78, 5) is 29.5. The van der Waals surface area contributed by atoms with Gasteiger partial charge in [0.05, 0.1) is 31.5 Å². The van der Waals surface area contributed by atoms with Crippen LogP contribution in [0.4, 0.5) is 30.2 Å². The molecule has 0 unspecified atom stereocenters. The van der Waals surface area contributed by atoms with Crippen LogP contribution in [0.2, 0.25) is 5.02 Å². The second-order valence-corrected chi connectivity index (χ2v) is 10.4. The average Bonchev–Trinajstić information content (AvgIpc) is 2.67. The largest absolute Gasteiger partial charge is 0.501 e. The summed E-state index contributed by atoms with van der Waals surface area (Å²) in [7, 11) is -10.6. The highest BCUT2D eigenvalue weighted by atomic mass is 35.5. The molecule has 1 amide bonds. The smallest absolute Gasteiger partial charge is 0.324 e. The lowest BCUT2D eigenvalue weighted by Gasteiger charge is -2.12. The van der Waals surface area contributed by atoms with Crippen LogP contribution in [0, 0.1) is 20.2 Å². The number of benzene rings is 2. The molecule has 0 aliphatic rings. The zero-order valence-corrected chi connectivity index (χ0v) is 18.0. The van der Waals surface area contributed by atoms with Crippen molar-refractivity contribution < 1.29 is 44.6 Å². The third-order valence-corrected chi connectivity index (χ3v) is 7.30. The summed E-state index contributed by atoms with van der Waals surface area (Å²) in [5, 5.41) is 23.3. The van der Waals surface area contributed by atoms with Crippen LogP contribution in [0.25, 0.3) is 0 Å². The molecule has 0 atom stereocenters. The van der Waals surface area contributed by atoms with Crippen molar-refractivity contribution in [1.29, 1.82) is 0 Å². The van der Waals surface area contributed by atoms with E-state index >= 15 is 0 Å². The van der Waals surface area contributed by atoms with Crippen molar-refractivity contribution in [2.45, 2.75) is 15.3 Å². The van der Waals surface area contributed by atoms with Gasteiger partial charge in [0.1, 0.15) is 10.6 Å². The maximum Gasteiger partial charge on any atom is 0.501 e. The van der Waals surface area contributed by atoms with Crippen molar-refractivity contribution in [2.24, 2.45) is 0 Å². The van der Waals surface area contributed by atoms with E-state index < -0.39 is 78.6 Å². The Hall–Kier alpha value is -3.31. The lowest BCUT2D eigenvalue weighted by Crippen LogP contribution is -2.25. The molecule has 2 rings (SSSR count). The molecule has 0 spiro atoms. The number of nitrogens with one attached hydrogen (secondary N) is 1. The fraction of sp³-hybridized carbons (Fsp3) is 0.133. The summed E-state index contributed by atoms with van der Waals surface area (Å²) in [6, 6.07) is 3.14. The first-order valence-electron chi connectivity index (χ1n) is 8.03. The van der Waals surface area contributed by atoms with Gasteiger partial charge in [-0.05, 0) is 24.3 Å². The number of nitro benzene ring substituents is 2. The number of carbonyl (C=O) groups is 1. The second-order valence-electron chi connectivity index (χ2n) is 6.06. The standard InChI is InChI=1S/C15H9ClF3N3O9S2/c16-10-3-2-9(33(30,31)15(17,18)19)6-11(10)20-14(23)7-32(28,29)13-4-1-8(21(24)25)5-12(13)22(26)27/h1-6H,7H2,(H,20,23). The van der Waals surface area contributed by atoms with Gasteiger partial charge in [-0.25, -0.2) is 16.8 Å². The van der Waals surface area contributed by atoms with Gasteiger partial charge in [-0.1, -0.05) is 11.6 Å². The van der Waals surface area contributed by atoms with Crippen LogP contribution < -0.4 is 5.32 Å². The molecule has 2 aromatic carbocycles. The van der Waals surface area contributed by atoms with Crippen molar-refractivity contribution >= 4 is 54.2 Å². The number of non-ortho nitro benzene ring substituents is 1. The molecule has 0 aliphatic heterocycles. The number of nitrogens with zero attached hydrogens (tertiary/aromatic N) is 2. The van der Waals surface area contributed by atoms with Crippen molar-refractivity contribution in [2.75, 3.05) is 11.1 Å². The molecule has 0 radical (unpaired) electrons. The normalized spacial score (nSPS) is 12.2. The van der Waals surface area contributed by atoms with Crippen LogP contribution in [-0.4, -0.2) is 43.9 Å². The highest BCUT2D eigenvalue weighted by molar-refractivity contribution is 7.92. The van der Waals surface area contributed by atoms with Crippen molar-refractivity contribution in [3.63, 3.8) is 0 Å². The summed E-state index contributed by atoms with van der Waals surface area (Å²) in [6.45, 7) is 0. The first-order chi connectivity index (χ1) is 15.0. The molecule has 0 aliphatic carbocycles. The minimum absolute atomic E-state index is 0.351. The van der Waals surface area contributed by atoms with E-state index in [0.29, 0.717) is 36.4 Å². The van der Waals surface area contributed by atoms with Crippen LogP contribution >= 0.6 is 11.6 Å². The minimum atomic E-state index is -5.81. The molecular formula is C15H9ClF3N3O9S2. The number of carbonyl (C=O) groups excluding carboxylic acids is 1. The van der Waals surface area contributed by atoms with E-state index in [1.807, 2.05) is 5.32 Å². The Balaban J connectivity index is 2.38. The van der Waals surface area contributed by atoms with E-state index in [1.54, 1.807) is 0 Å². The Kier molecular flexibility index (Phi) is 7.00. The monoisotopic (exact) mass is 531 g/mol. The van der Waals surface area contributed by atoms with Gasteiger partial charge < -0.3 is 5.32 Å².